The van der Waals surface area contributed by atoms with Crippen LogP contribution in [-0.2, 0) is 4.74 Å². The maximum absolute atomic E-state index is 11.0. The Hall–Kier alpha value is -2.87. The van der Waals surface area contributed by atoms with Crippen LogP contribution in [-0.4, -0.2) is 33.7 Å². The van der Waals surface area contributed by atoms with E-state index in [1.807, 2.05) is 13.1 Å². The lowest BCUT2D eigenvalue weighted by molar-refractivity contribution is -0.384. The van der Waals surface area contributed by atoms with Gasteiger partial charge < -0.3 is 4.74 Å². The van der Waals surface area contributed by atoms with E-state index < -0.39 is 4.92 Å². The number of hydrogen-bond acceptors (Lipinski definition) is 6. The van der Waals surface area contributed by atoms with Gasteiger partial charge in [0, 0.05) is 36.2 Å². The number of nitro groups is 1. The van der Waals surface area contributed by atoms with Crippen molar-refractivity contribution in [3.8, 4) is 0 Å². The van der Waals surface area contributed by atoms with E-state index in [1.54, 1.807) is 10.9 Å². The Kier molecular flexibility index (Phi) is 4.99. The van der Waals surface area contributed by atoms with Crippen LogP contribution in [0.25, 0.3) is 0 Å². The van der Waals surface area contributed by atoms with Gasteiger partial charge in [0.05, 0.1) is 22.5 Å². The van der Waals surface area contributed by atoms with Crippen LogP contribution in [0.5, 0.6) is 0 Å². The first-order valence-corrected chi connectivity index (χ1v) is 8.05. The molecule has 0 spiro atoms. The zero-order chi connectivity index (χ0) is 17.8. The molecule has 2 heterocycles. The predicted molar refractivity (Wildman–Crippen MR) is 95.2 cm³/mol. The highest BCUT2D eigenvalue weighted by Crippen LogP contribution is 2.32. The zero-order valence-electron chi connectivity index (χ0n) is 14.0. The van der Waals surface area contributed by atoms with Gasteiger partial charge >= 0.3 is 0 Å². The summed E-state index contributed by atoms with van der Waals surface area (Å²) in [7, 11) is 0. The molecule has 0 aliphatic carbocycles. The minimum atomic E-state index is -0.459. The van der Waals surface area contributed by atoms with Crippen molar-refractivity contribution >= 4 is 29.5 Å². The van der Waals surface area contributed by atoms with Crippen molar-refractivity contribution in [2.24, 2.45) is 9.98 Å². The quantitative estimate of drug-likeness (QED) is 0.467. The maximum Gasteiger partial charge on any atom is 0.271 e. The first-order valence-electron chi connectivity index (χ1n) is 8.05. The number of ether oxygens (including phenoxy) is 1. The van der Waals surface area contributed by atoms with E-state index >= 15 is 0 Å². The molecule has 1 fully saturated rings. The molecule has 1 unspecified atom stereocenters. The summed E-state index contributed by atoms with van der Waals surface area (Å²) in [5, 5.41) is 15.3. The number of nitrogens with zero attached hydrogens (tertiary/aromatic N) is 5. The van der Waals surface area contributed by atoms with Crippen LogP contribution in [0.15, 0.2) is 40.6 Å². The van der Waals surface area contributed by atoms with E-state index in [-0.39, 0.29) is 11.9 Å². The van der Waals surface area contributed by atoms with Crippen LogP contribution < -0.4 is 0 Å². The second-order valence-corrected chi connectivity index (χ2v) is 5.82. The lowest BCUT2D eigenvalue weighted by Gasteiger charge is -2.22. The topological polar surface area (TPSA) is 94.9 Å². The van der Waals surface area contributed by atoms with Gasteiger partial charge in [-0.15, -0.1) is 0 Å². The van der Waals surface area contributed by atoms with E-state index in [4.69, 9.17) is 4.74 Å². The molecular formula is C17H19N5O3. The van der Waals surface area contributed by atoms with Gasteiger partial charge in [-0.05, 0) is 39.0 Å². The van der Waals surface area contributed by atoms with Crippen molar-refractivity contribution in [1.29, 1.82) is 0 Å². The minimum Gasteiger partial charge on any atom is -0.357 e. The molecule has 0 N–H and O–H groups in total. The van der Waals surface area contributed by atoms with Crippen molar-refractivity contribution < 1.29 is 9.66 Å². The summed E-state index contributed by atoms with van der Waals surface area (Å²) in [5.41, 5.74) is 2.38. The molecule has 1 aromatic heterocycles. The third-order valence-corrected chi connectivity index (χ3v) is 4.10. The van der Waals surface area contributed by atoms with Gasteiger partial charge in [0.1, 0.15) is 6.23 Å². The number of hydrogen-bond donors (Lipinski definition) is 0. The Balaban J connectivity index is 1.88. The van der Waals surface area contributed by atoms with E-state index in [1.165, 1.54) is 18.2 Å². The highest BCUT2D eigenvalue weighted by atomic mass is 16.6. The number of aliphatic imine (C=N–C) groups is 2. The van der Waals surface area contributed by atoms with Crippen LogP contribution in [0.4, 0.5) is 17.1 Å². The minimum absolute atomic E-state index is 0.0368. The fraction of sp³-hybridized carbons (Fsp3) is 0.353. The molecule has 0 bridgehead atoms. The Morgan fingerprint density at radius 2 is 2.28 bits per heavy atom. The summed E-state index contributed by atoms with van der Waals surface area (Å²) in [5.74, 6) is 0. The molecule has 0 saturated carbocycles. The highest BCUT2D eigenvalue weighted by molar-refractivity contribution is 6.00. The van der Waals surface area contributed by atoms with Crippen molar-refractivity contribution in [3.63, 3.8) is 0 Å². The highest BCUT2D eigenvalue weighted by Gasteiger charge is 2.17. The smallest absolute Gasteiger partial charge is 0.271 e. The summed E-state index contributed by atoms with van der Waals surface area (Å²) in [6.45, 7) is 6.06. The number of non-ortho nitro benzene ring substituents is 1. The van der Waals surface area contributed by atoms with Gasteiger partial charge in [-0.3, -0.25) is 20.1 Å². The van der Waals surface area contributed by atoms with E-state index in [0.29, 0.717) is 17.1 Å². The zero-order valence-corrected chi connectivity index (χ0v) is 14.0. The summed E-state index contributed by atoms with van der Waals surface area (Å²) in [4.78, 5) is 18.9. The molecular weight excluding hydrogens is 322 g/mol. The molecule has 1 aliphatic rings. The van der Waals surface area contributed by atoms with Gasteiger partial charge in [-0.2, -0.15) is 5.10 Å². The molecule has 25 heavy (non-hydrogen) atoms. The van der Waals surface area contributed by atoms with E-state index in [9.17, 15) is 10.1 Å². The van der Waals surface area contributed by atoms with Gasteiger partial charge in [-0.25, -0.2) is 4.68 Å². The van der Waals surface area contributed by atoms with E-state index in [0.717, 1.165) is 31.4 Å². The molecule has 130 valence electrons. The van der Waals surface area contributed by atoms with Crippen molar-refractivity contribution in [3.05, 3.63) is 46.3 Å². The standard InChI is InChI=1S/C17H19N5O3/c1-12(13-10-19-21(11-13)17-5-3-4-8-25-17)20-16-9-14(22(23)24)6-7-15(16)18-2/h6-7,9-11,17H,2-5,8H2,1H3. The molecule has 1 aliphatic heterocycles. The lowest BCUT2D eigenvalue weighted by Crippen LogP contribution is -2.18. The Labute approximate surface area is 145 Å². The first kappa shape index (κ1) is 17.0. The average Bonchev–Trinajstić information content (AvgIpc) is 3.12. The molecule has 0 amide bonds. The molecule has 8 heteroatoms. The van der Waals surface area contributed by atoms with Gasteiger partial charge in [0.2, 0.25) is 0 Å². The number of nitro benzene ring substituents is 1. The van der Waals surface area contributed by atoms with E-state index in [2.05, 4.69) is 21.8 Å². The molecule has 1 aromatic carbocycles. The number of benzene rings is 1. The third kappa shape index (κ3) is 3.80. The van der Waals surface area contributed by atoms with Gasteiger partial charge in [-0.1, -0.05) is 0 Å². The number of aromatic nitrogens is 2. The normalized spacial score (nSPS) is 18.1. The van der Waals surface area contributed by atoms with Crippen molar-refractivity contribution in [2.45, 2.75) is 32.4 Å². The molecule has 3 rings (SSSR count). The summed E-state index contributed by atoms with van der Waals surface area (Å²) < 4.78 is 7.52. The molecule has 8 nitrogen and oxygen atoms in total. The second-order valence-electron chi connectivity index (χ2n) is 5.82. The Morgan fingerprint density at radius 3 is 2.96 bits per heavy atom. The first-order chi connectivity index (χ1) is 12.1. The van der Waals surface area contributed by atoms with Gasteiger partial charge in [0.15, 0.2) is 0 Å². The largest absolute Gasteiger partial charge is 0.357 e. The van der Waals surface area contributed by atoms with Gasteiger partial charge in [0.25, 0.3) is 5.69 Å². The monoisotopic (exact) mass is 341 g/mol. The fourth-order valence-electron chi connectivity index (χ4n) is 2.71. The number of rotatable bonds is 5. The molecule has 2 aromatic rings. The lowest BCUT2D eigenvalue weighted by atomic mass is 10.2. The average molecular weight is 341 g/mol. The Bertz CT molecular complexity index is 821. The molecule has 1 saturated heterocycles. The molecule has 0 radical (unpaired) electrons. The predicted octanol–water partition coefficient (Wildman–Crippen LogP) is 3.96. The van der Waals surface area contributed by atoms with Crippen LogP contribution >= 0.6 is 0 Å². The fourth-order valence-corrected chi connectivity index (χ4v) is 2.71. The molecule has 1 atom stereocenters. The second kappa shape index (κ2) is 7.35. The van der Waals surface area contributed by atoms with Crippen molar-refractivity contribution in [2.75, 3.05) is 6.61 Å². The maximum atomic E-state index is 11.0. The van der Waals surface area contributed by atoms with Crippen LogP contribution in [0.3, 0.4) is 0 Å². The van der Waals surface area contributed by atoms with Crippen LogP contribution in [0.1, 0.15) is 38.0 Å². The SMILES string of the molecule is C=Nc1ccc([N+](=O)[O-])cc1N=C(C)c1cnn(C2CCCCO2)c1. The Morgan fingerprint density at radius 1 is 1.44 bits per heavy atom. The summed E-state index contributed by atoms with van der Waals surface area (Å²) in [6, 6.07) is 4.32. The van der Waals surface area contributed by atoms with Crippen LogP contribution in [0, 0.1) is 10.1 Å². The third-order valence-electron chi connectivity index (χ3n) is 4.10. The van der Waals surface area contributed by atoms with Crippen LogP contribution in [0.2, 0.25) is 0 Å². The summed E-state index contributed by atoms with van der Waals surface area (Å²) in [6.07, 6.45) is 6.69. The van der Waals surface area contributed by atoms with Crippen molar-refractivity contribution in [1.82, 2.24) is 9.78 Å². The summed E-state index contributed by atoms with van der Waals surface area (Å²) >= 11 is 0.